The van der Waals surface area contributed by atoms with Crippen LogP contribution in [0.4, 0.5) is 0 Å². The fourth-order valence-electron chi connectivity index (χ4n) is 1.18. The lowest BCUT2D eigenvalue weighted by molar-refractivity contribution is -0.148. The lowest BCUT2D eigenvalue weighted by Crippen LogP contribution is -2.46. The summed E-state index contributed by atoms with van der Waals surface area (Å²) in [7, 11) is -3.58. The van der Waals surface area contributed by atoms with E-state index in [9.17, 15) is 9.36 Å². The zero-order valence-corrected chi connectivity index (χ0v) is 15.6. The molecule has 0 aromatic rings. The van der Waals surface area contributed by atoms with E-state index in [1.807, 2.05) is 33.9 Å². The number of ether oxygens (including phenoxy) is 1. The van der Waals surface area contributed by atoms with Crippen molar-refractivity contribution in [2.45, 2.75) is 51.7 Å². The third-order valence-corrected chi connectivity index (χ3v) is 10.0. The highest BCUT2D eigenvalue weighted by Crippen LogP contribution is 2.54. The third-order valence-electron chi connectivity index (χ3n) is 3.50. The zero-order valence-electron chi connectivity index (χ0n) is 13.7. The molecular formula is C12H27O6PSi. The van der Waals surface area contributed by atoms with E-state index < -0.39 is 27.7 Å². The van der Waals surface area contributed by atoms with Crippen LogP contribution in [-0.2, 0) is 27.6 Å². The van der Waals surface area contributed by atoms with Gasteiger partial charge in [-0.05, 0) is 25.1 Å². The largest absolute Gasteiger partial charge is 0.464 e. The van der Waals surface area contributed by atoms with E-state index >= 15 is 0 Å². The van der Waals surface area contributed by atoms with Gasteiger partial charge in [-0.1, -0.05) is 20.8 Å². The van der Waals surface area contributed by atoms with E-state index in [4.69, 9.17) is 18.2 Å². The van der Waals surface area contributed by atoms with Gasteiger partial charge < -0.3 is 18.2 Å². The van der Waals surface area contributed by atoms with E-state index in [2.05, 4.69) is 0 Å². The fourth-order valence-corrected chi connectivity index (χ4v) is 4.36. The Labute approximate surface area is 122 Å². The highest BCUT2D eigenvalue weighted by Gasteiger charge is 2.49. The van der Waals surface area contributed by atoms with Gasteiger partial charge in [0.05, 0.1) is 6.61 Å². The highest BCUT2D eigenvalue weighted by atomic mass is 31.2. The maximum Gasteiger partial charge on any atom is 0.369 e. The topological polar surface area (TPSA) is 71.1 Å². The summed E-state index contributed by atoms with van der Waals surface area (Å²) < 4.78 is 33.2. The molecule has 0 saturated carbocycles. The molecule has 1 unspecified atom stereocenters. The van der Waals surface area contributed by atoms with Crippen molar-refractivity contribution in [2.24, 2.45) is 0 Å². The Morgan fingerprint density at radius 2 is 1.65 bits per heavy atom. The Balaban J connectivity index is 5.47. The summed E-state index contributed by atoms with van der Waals surface area (Å²) >= 11 is 0. The predicted octanol–water partition coefficient (Wildman–Crippen LogP) is 3.38. The Morgan fingerprint density at radius 3 is 1.95 bits per heavy atom. The molecule has 0 radical (unpaired) electrons. The van der Waals surface area contributed by atoms with Crippen molar-refractivity contribution < 1.29 is 27.6 Å². The van der Waals surface area contributed by atoms with Gasteiger partial charge in [-0.2, -0.15) is 0 Å². The SMILES string of the molecule is CCOC(=O)C(O[Si](C)(C)C(C)(C)C)P(=O)(OC)OC. The molecule has 0 fully saturated rings. The highest BCUT2D eigenvalue weighted by molar-refractivity contribution is 7.55. The van der Waals surface area contributed by atoms with Gasteiger partial charge in [0.2, 0.25) is 5.85 Å². The van der Waals surface area contributed by atoms with Crippen LogP contribution in [-0.4, -0.2) is 41.0 Å². The first kappa shape index (κ1) is 19.8. The van der Waals surface area contributed by atoms with Crippen LogP contribution < -0.4 is 0 Å². The standard InChI is InChI=1S/C12H27O6PSi/c1-9-17-10(13)11(19(14,15-5)16-6)18-20(7,8)12(2,3)4/h11H,9H2,1-8H3. The number of hydrogen-bond acceptors (Lipinski definition) is 6. The van der Waals surface area contributed by atoms with Crippen LogP contribution in [0.1, 0.15) is 27.7 Å². The quantitative estimate of drug-likeness (QED) is 0.406. The van der Waals surface area contributed by atoms with E-state index in [1.165, 1.54) is 14.2 Å². The summed E-state index contributed by atoms with van der Waals surface area (Å²) in [6.45, 7) is 11.8. The minimum atomic E-state index is -3.71. The van der Waals surface area contributed by atoms with Gasteiger partial charge in [-0.25, -0.2) is 4.79 Å². The molecule has 20 heavy (non-hydrogen) atoms. The molecule has 0 saturated heterocycles. The average Bonchev–Trinajstić information content (AvgIpc) is 2.34. The molecule has 0 aromatic heterocycles. The molecule has 1 atom stereocenters. The van der Waals surface area contributed by atoms with Crippen LogP contribution >= 0.6 is 7.60 Å². The molecule has 0 bridgehead atoms. The molecule has 0 aromatic carbocycles. The molecule has 0 aliphatic rings. The van der Waals surface area contributed by atoms with Gasteiger partial charge in [-0.3, -0.25) is 4.57 Å². The summed E-state index contributed by atoms with van der Waals surface area (Å²) in [5.41, 5.74) is 0. The van der Waals surface area contributed by atoms with Gasteiger partial charge >= 0.3 is 13.6 Å². The van der Waals surface area contributed by atoms with Gasteiger partial charge in [0.1, 0.15) is 0 Å². The summed E-state index contributed by atoms with van der Waals surface area (Å²) in [6, 6.07) is 0. The van der Waals surface area contributed by atoms with Crippen LogP contribution in [0.15, 0.2) is 0 Å². The van der Waals surface area contributed by atoms with Crippen molar-refractivity contribution in [3.8, 4) is 0 Å². The maximum absolute atomic E-state index is 12.5. The number of carbonyl (C=O) groups excluding carboxylic acids is 1. The summed E-state index contributed by atoms with van der Waals surface area (Å²) in [5, 5.41) is -0.149. The number of carbonyl (C=O) groups is 1. The normalized spacial score (nSPS) is 15.0. The molecule has 0 heterocycles. The molecular weight excluding hydrogens is 299 g/mol. The molecule has 6 nitrogen and oxygen atoms in total. The van der Waals surface area contributed by atoms with Crippen LogP contribution in [0, 0.1) is 0 Å². The van der Waals surface area contributed by atoms with Crippen molar-refractivity contribution >= 4 is 21.9 Å². The van der Waals surface area contributed by atoms with Crippen molar-refractivity contribution in [2.75, 3.05) is 20.8 Å². The minimum Gasteiger partial charge on any atom is -0.464 e. The summed E-state index contributed by atoms with van der Waals surface area (Å²) in [4.78, 5) is 12.1. The molecule has 8 heteroatoms. The number of esters is 1. The number of rotatable bonds is 7. The molecule has 120 valence electrons. The molecule has 0 aliphatic carbocycles. The first-order valence-electron chi connectivity index (χ1n) is 6.50. The van der Waals surface area contributed by atoms with Gasteiger partial charge in [0.25, 0.3) is 0 Å². The Hall–Kier alpha value is -0.203. The second kappa shape index (κ2) is 7.18. The van der Waals surface area contributed by atoms with Crippen molar-refractivity contribution in [3.63, 3.8) is 0 Å². The van der Waals surface area contributed by atoms with E-state index in [0.29, 0.717) is 0 Å². The first-order valence-corrected chi connectivity index (χ1v) is 11.0. The predicted molar refractivity (Wildman–Crippen MR) is 80.3 cm³/mol. The van der Waals surface area contributed by atoms with Gasteiger partial charge in [0.15, 0.2) is 8.32 Å². The Kier molecular flexibility index (Phi) is 7.11. The van der Waals surface area contributed by atoms with Crippen LogP contribution in [0.25, 0.3) is 0 Å². The smallest absolute Gasteiger partial charge is 0.369 e. The van der Waals surface area contributed by atoms with Gasteiger partial charge in [-0.15, -0.1) is 0 Å². The maximum atomic E-state index is 12.5. The first-order chi connectivity index (χ1) is 8.95. The van der Waals surface area contributed by atoms with Crippen molar-refractivity contribution in [3.05, 3.63) is 0 Å². The minimum absolute atomic E-state index is 0.149. The van der Waals surface area contributed by atoms with E-state index in [0.717, 1.165) is 0 Å². The average molecular weight is 326 g/mol. The lowest BCUT2D eigenvalue weighted by Gasteiger charge is -2.39. The fraction of sp³-hybridized carbons (Fsp3) is 0.917. The molecule has 0 aliphatic heterocycles. The van der Waals surface area contributed by atoms with E-state index in [-0.39, 0.29) is 11.6 Å². The monoisotopic (exact) mass is 326 g/mol. The second-order valence-electron chi connectivity index (χ2n) is 5.89. The molecule has 0 N–H and O–H groups in total. The molecule has 0 amide bonds. The molecule has 0 rings (SSSR count). The Morgan fingerprint density at radius 1 is 1.20 bits per heavy atom. The molecule has 0 spiro atoms. The van der Waals surface area contributed by atoms with Crippen molar-refractivity contribution in [1.82, 2.24) is 0 Å². The Bertz CT molecular complexity index is 369. The van der Waals surface area contributed by atoms with Gasteiger partial charge in [0, 0.05) is 14.2 Å². The lowest BCUT2D eigenvalue weighted by atomic mass is 10.2. The number of hydrogen-bond donors (Lipinski definition) is 0. The third kappa shape index (κ3) is 4.67. The second-order valence-corrected chi connectivity index (χ2v) is 12.9. The van der Waals surface area contributed by atoms with Crippen molar-refractivity contribution in [1.29, 1.82) is 0 Å². The van der Waals surface area contributed by atoms with Crippen LogP contribution in [0.2, 0.25) is 18.1 Å². The van der Waals surface area contributed by atoms with E-state index in [1.54, 1.807) is 6.92 Å². The van der Waals surface area contributed by atoms with Crippen LogP contribution in [0.5, 0.6) is 0 Å². The zero-order chi connectivity index (χ0) is 16.2. The summed E-state index contributed by atoms with van der Waals surface area (Å²) in [5.74, 6) is -2.07. The summed E-state index contributed by atoms with van der Waals surface area (Å²) in [6.07, 6.45) is 0. The van der Waals surface area contributed by atoms with Crippen LogP contribution in [0.3, 0.4) is 0 Å².